The summed E-state index contributed by atoms with van der Waals surface area (Å²) in [5, 5.41) is 23.3. The molecule has 0 amide bonds. The molecule has 3 nitrogen and oxygen atoms in total. The van der Waals surface area contributed by atoms with Crippen LogP contribution in [0.4, 0.5) is 0 Å². The molecule has 2 atom stereocenters. The second kappa shape index (κ2) is 6.16. The predicted molar refractivity (Wildman–Crippen MR) is 81.2 cm³/mol. The molecule has 2 aromatic carbocycles. The highest BCUT2D eigenvalue weighted by Crippen LogP contribution is 2.29. The summed E-state index contributed by atoms with van der Waals surface area (Å²) in [6, 6.07) is 12.4. The molecule has 0 aromatic heterocycles. The van der Waals surface area contributed by atoms with Crippen LogP contribution in [0.15, 0.2) is 42.5 Å². The Hall–Kier alpha value is -1.71. The molecule has 0 saturated heterocycles. The van der Waals surface area contributed by atoms with Gasteiger partial charge in [-0.25, -0.2) is 0 Å². The van der Waals surface area contributed by atoms with Crippen molar-refractivity contribution in [2.75, 3.05) is 0 Å². The van der Waals surface area contributed by atoms with Gasteiger partial charge in [-0.3, -0.25) is 0 Å². The Morgan fingerprint density at radius 3 is 2.40 bits per heavy atom. The van der Waals surface area contributed by atoms with Crippen molar-refractivity contribution in [1.29, 1.82) is 0 Å². The average molecular weight is 292 g/mol. The third kappa shape index (κ3) is 3.44. The Balaban J connectivity index is 2.12. The van der Waals surface area contributed by atoms with Gasteiger partial charge in [0.15, 0.2) is 0 Å². The van der Waals surface area contributed by atoms with Gasteiger partial charge >= 0.3 is 0 Å². The fourth-order valence-corrected chi connectivity index (χ4v) is 2.43. The van der Waals surface area contributed by atoms with Crippen LogP contribution >= 0.6 is 11.6 Å². The number of rotatable bonds is 4. The van der Waals surface area contributed by atoms with Crippen molar-refractivity contribution in [3.63, 3.8) is 0 Å². The van der Waals surface area contributed by atoms with Crippen LogP contribution in [0.25, 0.3) is 0 Å². The van der Waals surface area contributed by atoms with Crippen molar-refractivity contribution in [2.45, 2.75) is 25.9 Å². The molecule has 3 N–H and O–H groups in total. The summed E-state index contributed by atoms with van der Waals surface area (Å²) in [6.45, 7) is 4.01. The fourth-order valence-electron chi connectivity index (χ4n) is 2.24. The van der Waals surface area contributed by atoms with Crippen LogP contribution in [0.3, 0.4) is 0 Å². The van der Waals surface area contributed by atoms with Gasteiger partial charge in [0.25, 0.3) is 0 Å². The van der Waals surface area contributed by atoms with Crippen molar-refractivity contribution in [3.05, 3.63) is 58.6 Å². The standard InChI is InChI=1S/C16H18ClNO2/c1-10(12-4-3-5-13(17)8-12)18-11(2)15-7-6-14(19)9-16(15)20/h3-11,18-20H,1-2H3. The maximum absolute atomic E-state index is 9.87. The summed E-state index contributed by atoms with van der Waals surface area (Å²) >= 11 is 5.99. The zero-order valence-corrected chi connectivity index (χ0v) is 12.2. The van der Waals surface area contributed by atoms with Gasteiger partial charge in [-0.2, -0.15) is 0 Å². The maximum atomic E-state index is 9.87. The van der Waals surface area contributed by atoms with E-state index in [1.807, 2.05) is 38.1 Å². The van der Waals surface area contributed by atoms with E-state index in [9.17, 15) is 10.2 Å². The molecule has 106 valence electrons. The van der Waals surface area contributed by atoms with E-state index in [4.69, 9.17) is 11.6 Å². The molecule has 20 heavy (non-hydrogen) atoms. The number of hydrogen-bond acceptors (Lipinski definition) is 3. The van der Waals surface area contributed by atoms with Gasteiger partial charge in [-0.05, 0) is 37.6 Å². The van der Waals surface area contributed by atoms with E-state index in [0.717, 1.165) is 11.1 Å². The quantitative estimate of drug-likeness (QED) is 0.793. The van der Waals surface area contributed by atoms with Crippen molar-refractivity contribution < 1.29 is 10.2 Å². The van der Waals surface area contributed by atoms with Gasteiger partial charge in [0.2, 0.25) is 0 Å². The van der Waals surface area contributed by atoms with Gasteiger partial charge in [0.1, 0.15) is 11.5 Å². The second-order valence-corrected chi connectivity index (χ2v) is 5.34. The molecule has 0 spiro atoms. The molecule has 0 fully saturated rings. The number of phenols is 2. The monoisotopic (exact) mass is 291 g/mol. The highest BCUT2D eigenvalue weighted by molar-refractivity contribution is 6.30. The molecular weight excluding hydrogens is 274 g/mol. The number of benzene rings is 2. The molecular formula is C16H18ClNO2. The van der Waals surface area contributed by atoms with Crippen LogP contribution in [0.2, 0.25) is 5.02 Å². The minimum Gasteiger partial charge on any atom is -0.508 e. The number of hydrogen-bond donors (Lipinski definition) is 3. The summed E-state index contributed by atoms with van der Waals surface area (Å²) in [5.74, 6) is 0.143. The normalized spacial score (nSPS) is 13.9. The molecule has 0 radical (unpaired) electrons. The zero-order chi connectivity index (χ0) is 14.7. The SMILES string of the molecule is CC(NC(C)c1ccc(O)cc1O)c1cccc(Cl)c1. The minimum atomic E-state index is -0.0513. The number of halogens is 1. The third-order valence-electron chi connectivity index (χ3n) is 3.33. The Bertz CT molecular complexity index is 601. The Labute approximate surface area is 123 Å². The van der Waals surface area contributed by atoms with Gasteiger partial charge in [0, 0.05) is 28.7 Å². The van der Waals surface area contributed by atoms with Crippen molar-refractivity contribution in [2.24, 2.45) is 0 Å². The molecule has 0 bridgehead atoms. The molecule has 0 aliphatic heterocycles. The first-order chi connectivity index (χ1) is 9.47. The van der Waals surface area contributed by atoms with E-state index in [0.29, 0.717) is 5.02 Å². The predicted octanol–water partition coefficient (Wildman–Crippen LogP) is 4.16. The van der Waals surface area contributed by atoms with E-state index in [-0.39, 0.29) is 23.6 Å². The topological polar surface area (TPSA) is 52.5 Å². The summed E-state index contributed by atoms with van der Waals surface area (Å²) in [5.41, 5.74) is 1.83. The lowest BCUT2D eigenvalue weighted by atomic mass is 10.0. The highest BCUT2D eigenvalue weighted by Gasteiger charge is 2.14. The van der Waals surface area contributed by atoms with Crippen molar-refractivity contribution >= 4 is 11.6 Å². The molecule has 2 unspecified atom stereocenters. The van der Waals surface area contributed by atoms with Gasteiger partial charge in [-0.15, -0.1) is 0 Å². The summed E-state index contributed by atoms with van der Waals surface area (Å²) < 4.78 is 0. The van der Waals surface area contributed by atoms with Gasteiger partial charge in [-0.1, -0.05) is 29.8 Å². The summed E-state index contributed by atoms with van der Waals surface area (Å²) in [6.07, 6.45) is 0. The molecule has 2 aromatic rings. The molecule has 0 aliphatic rings. The van der Waals surface area contributed by atoms with Crippen LogP contribution in [0.1, 0.15) is 37.1 Å². The van der Waals surface area contributed by atoms with E-state index < -0.39 is 0 Å². The van der Waals surface area contributed by atoms with Crippen LogP contribution in [0, 0.1) is 0 Å². The van der Waals surface area contributed by atoms with Crippen LogP contribution in [0.5, 0.6) is 11.5 Å². The first-order valence-corrected chi connectivity index (χ1v) is 6.88. The van der Waals surface area contributed by atoms with Crippen LogP contribution in [-0.4, -0.2) is 10.2 Å². The highest BCUT2D eigenvalue weighted by atomic mass is 35.5. The molecule has 0 saturated carbocycles. The Morgan fingerprint density at radius 2 is 1.75 bits per heavy atom. The third-order valence-corrected chi connectivity index (χ3v) is 3.56. The molecule has 0 heterocycles. The zero-order valence-electron chi connectivity index (χ0n) is 11.5. The largest absolute Gasteiger partial charge is 0.508 e. The van der Waals surface area contributed by atoms with Gasteiger partial charge < -0.3 is 15.5 Å². The first kappa shape index (κ1) is 14.7. The first-order valence-electron chi connectivity index (χ1n) is 6.50. The number of phenolic OH excluding ortho intramolecular Hbond substituents is 2. The fraction of sp³-hybridized carbons (Fsp3) is 0.250. The van der Waals surface area contributed by atoms with Crippen molar-refractivity contribution in [3.8, 4) is 11.5 Å². The maximum Gasteiger partial charge on any atom is 0.124 e. The summed E-state index contributed by atoms with van der Waals surface area (Å²) in [4.78, 5) is 0. The number of nitrogens with one attached hydrogen (secondary N) is 1. The molecule has 0 aliphatic carbocycles. The van der Waals surface area contributed by atoms with Gasteiger partial charge in [0.05, 0.1) is 0 Å². The second-order valence-electron chi connectivity index (χ2n) is 4.91. The lowest BCUT2D eigenvalue weighted by molar-refractivity contribution is 0.427. The van der Waals surface area contributed by atoms with E-state index >= 15 is 0 Å². The summed E-state index contributed by atoms with van der Waals surface area (Å²) in [7, 11) is 0. The van der Waals surface area contributed by atoms with Crippen LogP contribution in [-0.2, 0) is 0 Å². The number of aromatic hydroxyl groups is 2. The smallest absolute Gasteiger partial charge is 0.124 e. The molecule has 2 rings (SSSR count). The minimum absolute atomic E-state index is 0.0513. The van der Waals surface area contributed by atoms with Crippen molar-refractivity contribution in [1.82, 2.24) is 5.32 Å². The Morgan fingerprint density at radius 1 is 1.00 bits per heavy atom. The lowest BCUT2D eigenvalue weighted by Gasteiger charge is -2.21. The van der Waals surface area contributed by atoms with Crippen LogP contribution < -0.4 is 5.32 Å². The Kier molecular flexibility index (Phi) is 4.53. The van der Waals surface area contributed by atoms with E-state index in [1.165, 1.54) is 6.07 Å². The van der Waals surface area contributed by atoms with E-state index in [1.54, 1.807) is 12.1 Å². The molecule has 4 heteroatoms. The van der Waals surface area contributed by atoms with E-state index in [2.05, 4.69) is 5.32 Å². The lowest BCUT2D eigenvalue weighted by Crippen LogP contribution is -2.22. The average Bonchev–Trinajstić information content (AvgIpc) is 2.38.